The smallest absolute Gasteiger partial charge is 0.0991 e. The summed E-state index contributed by atoms with van der Waals surface area (Å²) < 4.78 is 0. The van der Waals surface area contributed by atoms with Gasteiger partial charge in [-0.3, -0.25) is 0 Å². The number of benzene rings is 1. The molecule has 0 amide bonds. The Morgan fingerprint density at radius 3 is 2.62 bits per heavy atom. The zero-order valence-electron chi connectivity index (χ0n) is 10.0. The van der Waals surface area contributed by atoms with Crippen molar-refractivity contribution in [2.45, 2.75) is 32.9 Å². The van der Waals surface area contributed by atoms with E-state index in [0.717, 1.165) is 11.1 Å². The first-order chi connectivity index (χ1) is 7.42. The average molecular weight is 218 g/mol. The first-order valence-electron chi connectivity index (χ1n) is 5.35. The number of nitrogens with one attached hydrogen (secondary N) is 1. The standard InChI is InChI=1S/C13H18N2O/c1-10-6-11(7-14)4-5-12(10)8-15-9-13(2,3)16/h4-6,15-16H,8-9H2,1-3H3. The van der Waals surface area contributed by atoms with Crippen LogP contribution in [0.3, 0.4) is 0 Å². The van der Waals surface area contributed by atoms with Gasteiger partial charge in [-0.05, 0) is 44.0 Å². The van der Waals surface area contributed by atoms with Gasteiger partial charge in [-0.2, -0.15) is 5.26 Å². The molecule has 0 aliphatic carbocycles. The van der Waals surface area contributed by atoms with E-state index < -0.39 is 5.60 Å². The van der Waals surface area contributed by atoms with Crippen LogP contribution in [0.5, 0.6) is 0 Å². The second-order valence-electron chi connectivity index (χ2n) is 4.67. The minimum absolute atomic E-state index is 0.548. The highest BCUT2D eigenvalue weighted by Crippen LogP contribution is 2.10. The third kappa shape index (κ3) is 4.01. The molecule has 0 heterocycles. The van der Waals surface area contributed by atoms with E-state index in [0.29, 0.717) is 18.7 Å². The molecule has 16 heavy (non-hydrogen) atoms. The summed E-state index contributed by atoms with van der Waals surface area (Å²) in [5, 5.41) is 21.5. The average Bonchev–Trinajstić information content (AvgIpc) is 2.18. The van der Waals surface area contributed by atoms with Crippen molar-refractivity contribution in [1.29, 1.82) is 5.26 Å². The molecule has 0 aromatic heterocycles. The summed E-state index contributed by atoms with van der Waals surface area (Å²) in [6.45, 7) is 6.78. The Morgan fingerprint density at radius 1 is 1.44 bits per heavy atom. The summed E-state index contributed by atoms with van der Waals surface area (Å²) in [4.78, 5) is 0. The summed E-state index contributed by atoms with van der Waals surface area (Å²) in [6.07, 6.45) is 0. The monoisotopic (exact) mass is 218 g/mol. The molecular formula is C13H18N2O. The quantitative estimate of drug-likeness (QED) is 0.809. The van der Waals surface area contributed by atoms with Crippen molar-refractivity contribution in [3.05, 3.63) is 34.9 Å². The predicted molar refractivity (Wildman–Crippen MR) is 63.9 cm³/mol. The van der Waals surface area contributed by atoms with Crippen LogP contribution in [-0.2, 0) is 6.54 Å². The maximum Gasteiger partial charge on any atom is 0.0991 e. The van der Waals surface area contributed by atoms with Crippen LogP contribution in [0.2, 0.25) is 0 Å². The molecule has 0 bridgehead atoms. The molecule has 86 valence electrons. The van der Waals surface area contributed by atoms with Crippen molar-refractivity contribution >= 4 is 0 Å². The van der Waals surface area contributed by atoms with Gasteiger partial charge in [0.25, 0.3) is 0 Å². The molecule has 1 aromatic carbocycles. The lowest BCUT2D eigenvalue weighted by molar-refractivity contribution is 0.0795. The lowest BCUT2D eigenvalue weighted by Crippen LogP contribution is -2.34. The van der Waals surface area contributed by atoms with Crippen LogP contribution in [0.15, 0.2) is 18.2 Å². The van der Waals surface area contributed by atoms with E-state index >= 15 is 0 Å². The van der Waals surface area contributed by atoms with Crippen molar-refractivity contribution < 1.29 is 5.11 Å². The molecule has 3 heteroatoms. The normalized spacial score (nSPS) is 11.2. The van der Waals surface area contributed by atoms with Crippen molar-refractivity contribution in [2.24, 2.45) is 0 Å². The van der Waals surface area contributed by atoms with Crippen LogP contribution in [0.25, 0.3) is 0 Å². The van der Waals surface area contributed by atoms with E-state index in [9.17, 15) is 5.11 Å². The van der Waals surface area contributed by atoms with Crippen LogP contribution in [0, 0.1) is 18.3 Å². The van der Waals surface area contributed by atoms with E-state index in [1.807, 2.05) is 25.1 Å². The summed E-state index contributed by atoms with van der Waals surface area (Å²) in [6, 6.07) is 7.75. The lowest BCUT2D eigenvalue weighted by atomic mass is 10.1. The molecule has 0 atom stereocenters. The van der Waals surface area contributed by atoms with Gasteiger partial charge in [0.05, 0.1) is 17.2 Å². The Kier molecular flexibility index (Phi) is 4.05. The maximum atomic E-state index is 9.54. The summed E-state index contributed by atoms with van der Waals surface area (Å²) in [5.74, 6) is 0. The highest BCUT2D eigenvalue weighted by atomic mass is 16.3. The van der Waals surface area contributed by atoms with E-state index in [2.05, 4.69) is 11.4 Å². The van der Waals surface area contributed by atoms with Gasteiger partial charge in [-0.15, -0.1) is 0 Å². The first-order valence-corrected chi connectivity index (χ1v) is 5.35. The molecular weight excluding hydrogens is 200 g/mol. The fourth-order valence-electron chi connectivity index (χ4n) is 1.47. The van der Waals surface area contributed by atoms with Gasteiger partial charge in [0, 0.05) is 13.1 Å². The molecule has 0 radical (unpaired) electrons. The fourth-order valence-corrected chi connectivity index (χ4v) is 1.47. The van der Waals surface area contributed by atoms with Crippen molar-refractivity contribution in [3.63, 3.8) is 0 Å². The van der Waals surface area contributed by atoms with Gasteiger partial charge in [0.1, 0.15) is 0 Å². The third-order valence-corrected chi connectivity index (χ3v) is 2.34. The van der Waals surface area contributed by atoms with Crippen molar-refractivity contribution in [1.82, 2.24) is 5.32 Å². The highest BCUT2D eigenvalue weighted by molar-refractivity contribution is 5.37. The minimum Gasteiger partial charge on any atom is -0.389 e. The van der Waals surface area contributed by atoms with Crippen molar-refractivity contribution in [3.8, 4) is 6.07 Å². The fraction of sp³-hybridized carbons (Fsp3) is 0.462. The number of hydrogen-bond donors (Lipinski definition) is 2. The maximum absolute atomic E-state index is 9.54. The number of nitriles is 1. The molecule has 0 unspecified atom stereocenters. The van der Waals surface area contributed by atoms with Gasteiger partial charge in [-0.25, -0.2) is 0 Å². The van der Waals surface area contributed by atoms with Gasteiger partial charge < -0.3 is 10.4 Å². The second kappa shape index (κ2) is 5.11. The Morgan fingerprint density at radius 2 is 2.12 bits per heavy atom. The van der Waals surface area contributed by atoms with Gasteiger partial charge in [-0.1, -0.05) is 6.07 Å². The van der Waals surface area contributed by atoms with E-state index in [4.69, 9.17) is 5.26 Å². The molecule has 2 N–H and O–H groups in total. The molecule has 0 saturated heterocycles. The van der Waals surface area contributed by atoms with E-state index in [1.54, 1.807) is 13.8 Å². The SMILES string of the molecule is Cc1cc(C#N)ccc1CNCC(C)(C)O. The molecule has 0 aliphatic heterocycles. The van der Waals surface area contributed by atoms with Gasteiger partial charge >= 0.3 is 0 Å². The second-order valence-corrected chi connectivity index (χ2v) is 4.67. The number of aliphatic hydroxyl groups is 1. The number of nitrogens with zero attached hydrogens (tertiary/aromatic N) is 1. The Bertz CT molecular complexity index is 399. The third-order valence-electron chi connectivity index (χ3n) is 2.34. The molecule has 1 rings (SSSR count). The molecule has 3 nitrogen and oxygen atoms in total. The van der Waals surface area contributed by atoms with Crippen LogP contribution in [0.1, 0.15) is 30.5 Å². The lowest BCUT2D eigenvalue weighted by Gasteiger charge is -2.18. The molecule has 0 aliphatic rings. The number of rotatable bonds is 4. The minimum atomic E-state index is -0.694. The Balaban J connectivity index is 2.59. The Labute approximate surface area is 96.7 Å². The van der Waals surface area contributed by atoms with Gasteiger partial charge in [0.15, 0.2) is 0 Å². The zero-order chi connectivity index (χ0) is 12.2. The summed E-state index contributed by atoms with van der Waals surface area (Å²) in [5.41, 5.74) is 2.25. The summed E-state index contributed by atoms with van der Waals surface area (Å²) >= 11 is 0. The van der Waals surface area contributed by atoms with Crippen LogP contribution in [-0.4, -0.2) is 17.3 Å². The van der Waals surface area contributed by atoms with Crippen LogP contribution in [0.4, 0.5) is 0 Å². The molecule has 0 spiro atoms. The zero-order valence-corrected chi connectivity index (χ0v) is 10.0. The number of aryl methyl sites for hydroxylation is 1. The topological polar surface area (TPSA) is 56.0 Å². The van der Waals surface area contributed by atoms with E-state index in [1.165, 1.54) is 0 Å². The van der Waals surface area contributed by atoms with Crippen LogP contribution < -0.4 is 5.32 Å². The summed E-state index contributed by atoms with van der Waals surface area (Å²) in [7, 11) is 0. The molecule has 1 aromatic rings. The van der Waals surface area contributed by atoms with E-state index in [-0.39, 0.29) is 0 Å². The van der Waals surface area contributed by atoms with Gasteiger partial charge in [0.2, 0.25) is 0 Å². The Hall–Kier alpha value is -1.37. The molecule has 0 fully saturated rings. The predicted octanol–water partition coefficient (Wildman–Crippen LogP) is 1.73. The first kappa shape index (κ1) is 12.7. The highest BCUT2D eigenvalue weighted by Gasteiger charge is 2.11. The van der Waals surface area contributed by atoms with Crippen LogP contribution >= 0.6 is 0 Å². The van der Waals surface area contributed by atoms with Crippen molar-refractivity contribution in [2.75, 3.05) is 6.54 Å². The largest absolute Gasteiger partial charge is 0.389 e. The number of hydrogen-bond acceptors (Lipinski definition) is 3. The molecule has 0 saturated carbocycles.